The minimum atomic E-state index is -1.38. The Hall–Kier alpha value is -2.51. The number of carboxylic acids is 1. The number of carboxylic acid groups (broad SMARTS) is 1. The van der Waals surface area contributed by atoms with Gasteiger partial charge >= 0.3 is 0 Å². The monoisotopic (exact) mass is 390 g/mol. The fourth-order valence-electron chi connectivity index (χ4n) is 2.47. The second-order valence-electron chi connectivity index (χ2n) is 5.83. The summed E-state index contributed by atoms with van der Waals surface area (Å²) in [4.78, 5) is 36.7. The summed E-state index contributed by atoms with van der Waals surface area (Å²) in [6.45, 7) is 3.53. The van der Waals surface area contributed by atoms with Crippen LogP contribution in [0.5, 0.6) is 0 Å². The topological polar surface area (TPSA) is 90.7 Å². The number of carbonyl (C=O) groups excluding carboxylic acids is 3. The van der Waals surface area contributed by atoms with Crippen LogP contribution in [0.2, 0.25) is 5.02 Å². The van der Waals surface area contributed by atoms with Crippen LogP contribution in [0.25, 0.3) is 17.4 Å². The molecule has 0 bridgehead atoms. The predicted octanol–water partition coefficient (Wildman–Crippen LogP) is 3.41. The lowest BCUT2D eigenvalue weighted by Crippen LogP contribution is -2.34. The van der Waals surface area contributed by atoms with E-state index in [4.69, 9.17) is 16.0 Å². The second-order valence-corrected chi connectivity index (χ2v) is 7.23. The first-order valence-electron chi connectivity index (χ1n) is 7.66. The minimum Gasteiger partial charge on any atom is -0.545 e. The summed E-state index contributed by atoms with van der Waals surface area (Å²) in [6.07, 6.45) is 1.49. The molecule has 0 aliphatic carbocycles. The molecule has 2 aromatic rings. The van der Waals surface area contributed by atoms with Gasteiger partial charge in [-0.3, -0.25) is 14.5 Å². The van der Waals surface area contributed by atoms with Gasteiger partial charge in [-0.15, -0.1) is 0 Å². The third-order valence-electron chi connectivity index (χ3n) is 3.71. The van der Waals surface area contributed by atoms with E-state index in [1.807, 2.05) is 0 Å². The number of hydrogen-bond donors (Lipinski definition) is 0. The zero-order chi connectivity index (χ0) is 19.0. The van der Waals surface area contributed by atoms with Crippen molar-refractivity contribution >= 4 is 46.6 Å². The Balaban J connectivity index is 1.90. The van der Waals surface area contributed by atoms with Crippen molar-refractivity contribution in [3.63, 3.8) is 0 Å². The largest absolute Gasteiger partial charge is 0.545 e. The first kappa shape index (κ1) is 18.3. The molecule has 0 radical (unpaired) electrons. The van der Waals surface area contributed by atoms with Gasteiger partial charge in [0.2, 0.25) is 0 Å². The number of thioether (sulfide) groups is 1. The fraction of sp³-hybridized carbons (Fsp3) is 0.167. The first-order valence-corrected chi connectivity index (χ1v) is 8.85. The van der Waals surface area contributed by atoms with Crippen molar-refractivity contribution in [2.24, 2.45) is 0 Å². The molecule has 8 heteroatoms. The quantitative estimate of drug-likeness (QED) is 0.743. The number of halogens is 1. The van der Waals surface area contributed by atoms with Gasteiger partial charge in [0.15, 0.2) is 0 Å². The molecule has 1 aromatic carbocycles. The number of hydrogen-bond acceptors (Lipinski definition) is 6. The van der Waals surface area contributed by atoms with Crippen molar-refractivity contribution < 1.29 is 23.9 Å². The molecule has 1 aliphatic rings. The van der Waals surface area contributed by atoms with Crippen molar-refractivity contribution in [2.75, 3.05) is 0 Å². The van der Waals surface area contributed by atoms with Crippen LogP contribution in [0.4, 0.5) is 4.79 Å². The molecule has 2 amide bonds. The molecule has 1 aromatic heterocycles. The molecule has 0 spiro atoms. The minimum absolute atomic E-state index is 0.0721. The normalized spacial score (nSPS) is 16.2. The highest BCUT2D eigenvalue weighted by Gasteiger charge is 2.36. The van der Waals surface area contributed by atoms with Crippen molar-refractivity contribution in [3.05, 3.63) is 51.6 Å². The van der Waals surface area contributed by atoms with Crippen LogP contribution in [0.1, 0.15) is 30.0 Å². The number of benzene rings is 1. The smallest absolute Gasteiger partial charge is 0.293 e. The Morgan fingerprint density at radius 3 is 2.62 bits per heavy atom. The Morgan fingerprint density at radius 1 is 1.27 bits per heavy atom. The Morgan fingerprint density at radius 2 is 2.00 bits per heavy atom. The third kappa shape index (κ3) is 3.40. The lowest BCUT2D eigenvalue weighted by molar-refractivity contribution is -0.255. The van der Waals surface area contributed by atoms with E-state index in [0.717, 1.165) is 11.8 Å². The van der Waals surface area contributed by atoms with Crippen LogP contribution in [0.3, 0.4) is 0 Å². The van der Waals surface area contributed by atoms with Gasteiger partial charge in [0.1, 0.15) is 11.5 Å². The molecular formula is C18H13ClNO5S-. The molecule has 26 heavy (non-hydrogen) atoms. The molecule has 134 valence electrons. The summed E-state index contributed by atoms with van der Waals surface area (Å²) in [5, 5.41) is 10.8. The van der Waals surface area contributed by atoms with Gasteiger partial charge in [0, 0.05) is 28.3 Å². The summed E-state index contributed by atoms with van der Waals surface area (Å²) in [6, 6.07) is 7.46. The van der Waals surface area contributed by atoms with E-state index >= 15 is 0 Å². The molecule has 0 atom stereocenters. The summed E-state index contributed by atoms with van der Waals surface area (Å²) >= 11 is 6.68. The van der Waals surface area contributed by atoms with Crippen LogP contribution < -0.4 is 5.11 Å². The second kappa shape index (κ2) is 7.01. The molecule has 1 saturated heterocycles. The molecule has 6 nitrogen and oxygen atoms in total. The molecular weight excluding hydrogens is 378 g/mol. The average molecular weight is 391 g/mol. The van der Waals surface area contributed by atoms with Crippen molar-refractivity contribution in [3.8, 4) is 11.3 Å². The molecule has 2 heterocycles. The number of amides is 2. The van der Waals surface area contributed by atoms with Crippen LogP contribution >= 0.6 is 23.4 Å². The number of furan rings is 1. The van der Waals surface area contributed by atoms with E-state index in [-0.39, 0.29) is 32.7 Å². The van der Waals surface area contributed by atoms with Crippen LogP contribution in [-0.2, 0) is 4.79 Å². The molecule has 1 aliphatic heterocycles. The van der Waals surface area contributed by atoms with Crippen LogP contribution in [0, 0.1) is 0 Å². The van der Waals surface area contributed by atoms with Crippen molar-refractivity contribution in [1.29, 1.82) is 0 Å². The Bertz CT molecular complexity index is 947. The molecule has 0 unspecified atom stereocenters. The lowest BCUT2D eigenvalue weighted by atomic mass is 10.1. The summed E-state index contributed by atoms with van der Waals surface area (Å²) < 4.78 is 5.66. The van der Waals surface area contributed by atoms with E-state index in [2.05, 4.69) is 0 Å². The lowest BCUT2D eigenvalue weighted by Gasteiger charge is -2.16. The van der Waals surface area contributed by atoms with E-state index in [1.165, 1.54) is 23.1 Å². The standard InChI is InChI=1S/C18H14ClNO5S/c1-9(2)20-16(21)15(26-18(20)24)8-11-4-6-14(25-11)10-3-5-13(19)12(7-10)17(22)23/h3-9H,1-2H3,(H,22,23)/p-1/b15-8-. The summed E-state index contributed by atoms with van der Waals surface area (Å²) in [5.74, 6) is -0.970. The zero-order valence-electron chi connectivity index (χ0n) is 13.8. The highest BCUT2D eigenvalue weighted by molar-refractivity contribution is 8.18. The SMILES string of the molecule is CC(C)N1C(=O)S/C(=C\c2ccc(-c3ccc(Cl)c(C(=O)[O-])c3)o2)C1=O. The van der Waals surface area contributed by atoms with Gasteiger partial charge in [-0.2, -0.15) is 0 Å². The molecule has 3 rings (SSSR count). The maximum atomic E-state index is 12.3. The van der Waals surface area contributed by atoms with Crippen LogP contribution in [0.15, 0.2) is 39.7 Å². The van der Waals surface area contributed by atoms with E-state index in [9.17, 15) is 19.5 Å². The fourth-order valence-corrected chi connectivity index (χ4v) is 3.61. The van der Waals surface area contributed by atoms with Gasteiger partial charge in [-0.1, -0.05) is 11.6 Å². The number of carbonyl (C=O) groups is 3. The van der Waals surface area contributed by atoms with E-state index in [0.29, 0.717) is 17.1 Å². The van der Waals surface area contributed by atoms with E-state index in [1.54, 1.807) is 32.0 Å². The van der Waals surface area contributed by atoms with Gasteiger partial charge in [-0.25, -0.2) is 0 Å². The van der Waals surface area contributed by atoms with Gasteiger partial charge < -0.3 is 14.3 Å². The number of nitrogens with zero attached hydrogens (tertiary/aromatic N) is 1. The Kier molecular flexibility index (Phi) is 4.93. The van der Waals surface area contributed by atoms with Gasteiger partial charge in [0.25, 0.3) is 11.1 Å². The maximum Gasteiger partial charge on any atom is 0.293 e. The zero-order valence-corrected chi connectivity index (χ0v) is 15.4. The maximum absolute atomic E-state index is 12.3. The third-order valence-corrected chi connectivity index (χ3v) is 4.92. The van der Waals surface area contributed by atoms with Crippen molar-refractivity contribution in [1.82, 2.24) is 4.90 Å². The summed E-state index contributed by atoms with van der Waals surface area (Å²) in [7, 11) is 0. The molecule has 0 N–H and O–H groups in total. The average Bonchev–Trinajstić information content (AvgIpc) is 3.13. The van der Waals surface area contributed by atoms with Gasteiger partial charge in [0.05, 0.1) is 10.9 Å². The number of imide groups is 1. The molecule has 0 saturated carbocycles. The van der Waals surface area contributed by atoms with Gasteiger partial charge in [-0.05, 0) is 55.9 Å². The number of rotatable bonds is 4. The number of aromatic carboxylic acids is 1. The highest BCUT2D eigenvalue weighted by Crippen LogP contribution is 2.34. The first-order chi connectivity index (χ1) is 12.3. The summed E-state index contributed by atoms with van der Waals surface area (Å²) in [5.41, 5.74) is 0.365. The highest BCUT2D eigenvalue weighted by atomic mass is 35.5. The Labute approximate surface area is 158 Å². The predicted molar refractivity (Wildman–Crippen MR) is 96.4 cm³/mol. The van der Waals surface area contributed by atoms with E-state index < -0.39 is 5.97 Å². The molecule has 1 fully saturated rings. The van der Waals surface area contributed by atoms with Crippen molar-refractivity contribution in [2.45, 2.75) is 19.9 Å². The van der Waals surface area contributed by atoms with Crippen LogP contribution in [-0.4, -0.2) is 28.1 Å².